The minimum absolute atomic E-state index is 0.302. The van der Waals surface area contributed by atoms with E-state index in [2.05, 4.69) is 5.32 Å². The summed E-state index contributed by atoms with van der Waals surface area (Å²) in [7, 11) is 4.57. The third-order valence-corrected chi connectivity index (χ3v) is 4.28. The van der Waals surface area contributed by atoms with E-state index in [1.165, 1.54) is 21.1 Å². The summed E-state index contributed by atoms with van der Waals surface area (Å²) in [6.07, 6.45) is -1.01. The largest absolute Gasteiger partial charge is 0.496 e. The minimum Gasteiger partial charge on any atom is -0.496 e. The summed E-state index contributed by atoms with van der Waals surface area (Å²) in [6, 6.07) is 9.83. The fourth-order valence-electron chi connectivity index (χ4n) is 2.67. The molecule has 1 atom stereocenters. The van der Waals surface area contributed by atoms with Crippen LogP contribution in [0.3, 0.4) is 0 Å². The summed E-state index contributed by atoms with van der Waals surface area (Å²) in [6.45, 7) is 4.21. The van der Waals surface area contributed by atoms with Gasteiger partial charge < -0.3 is 29.0 Å². The number of rotatable bonds is 10. The average molecular weight is 417 g/mol. The second kappa shape index (κ2) is 11.1. The molecule has 0 saturated carbocycles. The number of benzene rings is 2. The Bertz CT molecular complexity index is 882. The Kier molecular flexibility index (Phi) is 8.49. The maximum Gasteiger partial charge on any atom is 0.338 e. The molecule has 2 aromatic rings. The predicted octanol–water partition coefficient (Wildman–Crippen LogP) is 3.43. The van der Waals surface area contributed by atoms with Crippen LogP contribution in [0.4, 0.5) is 5.69 Å². The topological polar surface area (TPSA) is 92.3 Å². The first-order valence-corrected chi connectivity index (χ1v) is 9.42. The van der Waals surface area contributed by atoms with Crippen LogP contribution in [-0.2, 0) is 20.9 Å². The summed E-state index contributed by atoms with van der Waals surface area (Å²) < 4.78 is 26.4. The van der Waals surface area contributed by atoms with Crippen molar-refractivity contribution in [2.24, 2.45) is 0 Å². The highest BCUT2D eigenvalue weighted by atomic mass is 16.5. The van der Waals surface area contributed by atoms with E-state index in [0.717, 1.165) is 5.56 Å². The molecule has 162 valence electrons. The molecule has 0 aromatic heterocycles. The molecule has 0 fully saturated rings. The van der Waals surface area contributed by atoms with Crippen LogP contribution in [0.5, 0.6) is 17.2 Å². The first kappa shape index (κ1) is 23.0. The van der Waals surface area contributed by atoms with Crippen molar-refractivity contribution in [2.75, 3.05) is 33.3 Å². The molecule has 0 heterocycles. The molecule has 8 heteroatoms. The molecule has 0 unspecified atom stereocenters. The molecule has 0 aliphatic rings. The molecule has 0 spiro atoms. The van der Waals surface area contributed by atoms with Gasteiger partial charge in [-0.2, -0.15) is 0 Å². The molecule has 0 bridgehead atoms. The maximum absolute atomic E-state index is 12.5. The standard InChI is InChI=1S/C22H27NO7/c1-6-29-13-16-11-15(7-9-18(16)26-3)22(25)30-14(2)21(24)23-17-8-10-19(27-4)20(12-17)28-5/h7-12,14H,6,13H2,1-5H3,(H,23,24)/t14-/m0/s1. The van der Waals surface area contributed by atoms with Gasteiger partial charge in [-0.15, -0.1) is 0 Å². The Hall–Kier alpha value is -3.26. The van der Waals surface area contributed by atoms with Gasteiger partial charge in [0.2, 0.25) is 0 Å². The van der Waals surface area contributed by atoms with E-state index < -0.39 is 18.0 Å². The Morgan fingerprint density at radius 2 is 1.60 bits per heavy atom. The van der Waals surface area contributed by atoms with Gasteiger partial charge in [-0.25, -0.2) is 4.79 Å². The number of ether oxygens (including phenoxy) is 5. The van der Waals surface area contributed by atoms with E-state index >= 15 is 0 Å². The lowest BCUT2D eigenvalue weighted by atomic mass is 10.1. The number of carbonyl (C=O) groups is 2. The van der Waals surface area contributed by atoms with Crippen LogP contribution in [0, 0.1) is 0 Å². The summed E-state index contributed by atoms with van der Waals surface area (Å²) >= 11 is 0. The quantitative estimate of drug-likeness (QED) is 0.592. The lowest BCUT2D eigenvalue weighted by Crippen LogP contribution is -2.30. The van der Waals surface area contributed by atoms with Crippen molar-refractivity contribution in [3.63, 3.8) is 0 Å². The number of methoxy groups -OCH3 is 3. The van der Waals surface area contributed by atoms with Crippen molar-refractivity contribution < 1.29 is 33.3 Å². The predicted molar refractivity (Wildman–Crippen MR) is 111 cm³/mol. The van der Waals surface area contributed by atoms with Gasteiger partial charge in [-0.05, 0) is 44.2 Å². The van der Waals surface area contributed by atoms with E-state index in [0.29, 0.717) is 41.7 Å². The normalized spacial score (nSPS) is 11.4. The van der Waals surface area contributed by atoms with E-state index in [1.54, 1.807) is 43.5 Å². The van der Waals surface area contributed by atoms with Crippen molar-refractivity contribution >= 4 is 17.6 Å². The highest BCUT2D eigenvalue weighted by Gasteiger charge is 2.20. The van der Waals surface area contributed by atoms with Crippen molar-refractivity contribution in [1.29, 1.82) is 0 Å². The monoisotopic (exact) mass is 417 g/mol. The number of nitrogens with one attached hydrogen (secondary N) is 1. The van der Waals surface area contributed by atoms with Gasteiger partial charge in [0.15, 0.2) is 17.6 Å². The molecule has 8 nitrogen and oxygen atoms in total. The molecular formula is C22H27NO7. The van der Waals surface area contributed by atoms with Gasteiger partial charge >= 0.3 is 5.97 Å². The van der Waals surface area contributed by atoms with Crippen LogP contribution < -0.4 is 19.5 Å². The fraction of sp³-hybridized carbons (Fsp3) is 0.364. The Morgan fingerprint density at radius 1 is 0.933 bits per heavy atom. The average Bonchev–Trinajstić information content (AvgIpc) is 2.77. The van der Waals surface area contributed by atoms with Crippen LogP contribution in [0.25, 0.3) is 0 Å². The lowest BCUT2D eigenvalue weighted by molar-refractivity contribution is -0.123. The third kappa shape index (κ3) is 5.87. The molecular weight excluding hydrogens is 390 g/mol. The van der Waals surface area contributed by atoms with Crippen molar-refractivity contribution in [3.05, 3.63) is 47.5 Å². The number of anilines is 1. The highest BCUT2D eigenvalue weighted by Crippen LogP contribution is 2.29. The Labute approximate surface area is 176 Å². The van der Waals surface area contributed by atoms with Crippen molar-refractivity contribution in [3.8, 4) is 17.2 Å². The Balaban J connectivity index is 2.05. The van der Waals surface area contributed by atoms with Gasteiger partial charge in [-0.3, -0.25) is 4.79 Å². The fourth-order valence-corrected chi connectivity index (χ4v) is 2.67. The molecule has 2 rings (SSSR count). The maximum atomic E-state index is 12.5. The van der Waals surface area contributed by atoms with Crippen molar-refractivity contribution in [1.82, 2.24) is 0 Å². The molecule has 30 heavy (non-hydrogen) atoms. The minimum atomic E-state index is -1.01. The third-order valence-electron chi connectivity index (χ3n) is 4.28. The number of hydrogen-bond donors (Lipinski definition) is 1. The highest BCUT2D eigenvalue weighted by molar-refractivity contribution is 5.97. The second-order valence-corrected chi connectivity index (χ2v) is 6.27. The summed E-state index contributed by atoms with van der Waals surface area (Å²) in [4.78, 5) is 24.9. The molecule has 0 saturated heterocycles. The number of amides is 1. The smallest absolute Gasteiger partial charge is 0.338 e. The first-order valence-electron chi connectivity index (χ1n) is 9.42. The van der Waals surface area contributed by atoms with Crippen LogP contribution in [-0.4, -0.2) is 45.9 Å². The van der Waals surface area contributed by atoms with Gasteiger partial charge in [0.05, 0.1) is 33.5 Å². The zero-order valence-corrected chi connectivity index (χ0v) is 17.8. The summed E-state index contributed by atoms with van der Waals surface area (Å²) in [5, 5.41) is 2.69. The summed E-state index contributed by atoms with van der Waals surface area (Å²) in [5.74, 6) is 0.528. The van der Waals surface area contributed by atoms with Gasteiger partial charge in [0.25, 0.3) is 5.91 Å². The summed E-state index contributed by atoms with van der Waals surface area (Å²) in [5.41, 5.74) is 1.51. The van der Waals surface area contributed by atoms with E-state index in [9.17, 15) is 9.59 Å². The van der Waals surface area contributed by atoms with Gasteiger partial charge in [0, 0.05) is 23.9 Å². The van der Waals surface area contributed by atoms with Crippen LogP contribution >= 0.6 is 0 Å². The molecule has 1 N–H and O–H groups in total. The Morgan fingerprint density at radius 3 is 2.23 bits per heavy atom. The molecule has 0 aliphatic heterocycles. The number of carbonyl (C=O) groups excluding carboxylic acids is 2. The van der Waals surface area contributed by atoms with Crippen LogP contribution in [0.15, 0.2) is 36.4 Å². The van der Waals surface area contributed by atoms with Crippen molar-refractivity contribution in [2.45, 2.75) is 26.6 Å². The van der Waals surface area contributed by atoms with Crippen LogP contribution in [0.1, 0.15) is 29.8 Å². The molecule has 0 radical (unpaired) electrons. The zero-order valence-electron chi connectivity index (χ0n) is 17.8. The number of esters is 1. The van der Waals surface area contributed by atoms with Gasteiger partial charge in [-0.1, -0.05) is 0 Å². The molecule has 2 aromatic carbocycles. The number of hydrogen-bond acceptors (Lipinski definition) is 7. The SMILES string of the molecule is CCOCc1cc(C(=O)O[C@@H](C)C(=O)Nc2ccc(OC)c(OC)c2)ccc1OC. The zero-order chi connectivity index (χ0) is 22.1. The second-order valence-electron chi connectivity index (χ2n) is 6.27. The van der Waals surface area contributed by atoms with Gasteiger partial charge in [0.1, 0.15) is 5.75 Å². The van der Waals surface area contributed by atoms with E-state index in [-0.39, 0.29) is 0 Å². The molecule has 0 aliphatic carbocycles. The van der Waals surface area contributed by atoms with Crippen LogP contribution in [0.2, 0.25) is 0 Å². The molecule has 1 amide bonds. The van der Waals surface area contributed by atoms with E-state index in [1.807, 2.05) is 6.92 Å². The lowest BCUT2D eigenvalue weighted by Gasteiger charge is -2.15. The van der Waals surface area contributed by atoms with E-state index in [4.69, 9.17) is 23.7 Å². The first-order chi connectivity index (χ1) is 14.4.